The molecule has 1 N–H and O–H groups in total. The van der Waals surface area contributed by atoms with Crippen LogP contribution in [-0.2, 0) is 11.3 Å². The van der Waals surface area contributed by atoms with Crippen molar-refractivity contribution in [3.05, 3.63) is 52.0 Å². The molecule has 0 radical (unpaired) electrons. The molecule has 3 rings (SSSR count). The Kier molecular flexibility index (Phi) is 5.20. The monoisotopic (exact) mass is 318 g/mol. The molecule has 2 heterocycles. The van der Waals surface area contributed by atoms with Crippen molar-refractivity contribution in [2.75, 3.05) is 19.8 Å². The molecule has 1 saturated heterocycles. The lowest BCUT2D eigenvalue weighted by atomic mass is 10.0. The zero-order chi connectivity index (χ0) is 15.4. The normalized spacial score (nSPS) is 20.9. The van der Waals surface area contributed by atoms with E-state index in [0.717, 1.165) is 36.0 Å². The van der Waals surface area contributed by atoms with Crippen LogP contribution in [0, 0.1) is 6.92 Å². The Morgan fingerprint density at radius 1 is 1.41 bits per heavy atom. The number of benzene rings is 1. The van der Waals surface area contributed by atoms with Gasteiger partial charge in [-0.1, -0.05) is 30.3 Å². The number of rotatable bonds is 5. The summed E-state index contributed by atoms with van der Waals surface area (Å²) in [5.74, 6) is 0. The van der Waals surface area contributed by atoms with Gasteiger partial charge in [0.05, 0.1) is 25.9 Å². The summed E-state index contributed by atoms with van der Waals surface area (Å²) in [7, 11) is 0. The third-order valence-electron chi connectivity index (χ3n) is 4.03. The topological polar surface area (TPSA) is 45.6 Å². The average molecular weight is 318 g/mol. The van der Waals surface area contributed by atoms with Gasteiger partial charge >= 0.3 is 0 Å². The summed E-state index contributed by atoms with van der Waals surface area (Å²) in [5, 5.41) is 13.7. The van der Waals surface area contributed by atoms with Crippen LogP contribution in [0.25, 0.3) is 0 Å². The van der Waals surface area contributed by atoms with Crippen molar-refractivity contribution >= 4 is 11.3 Å². The maximum atomic E-state index is 10.5. The molecule has 2 atom stereocenters. The van der Waals surface area contributed by atoms with Crippen LogP contribution in [0.5, 0.6) is 0 Å². The third kappa shape index (κ3) is 3.93. The van der Waals surface area contributed by atoms with Crippen molar-refractivity contribution in [1.29, 1.82) is 0 Å². The van der Waals surface area contributed by atoms with Crippen molar-refractivity contribution in [2.45, 2.75) is 32.0 Å². The van der Waals surface area contributed by atoms with Crippen LogP contribution < -0.4 is 0 Å². The highest BCUT2D eigenvalue weighted by molar-refractivity contribution is 7.09. The maximum absolute atomic E-state index is 10.5. The van der Waals surface area contributed by atoms with Crippen LogP contribution in [0.4, 0.5) is 0 Å². The van der Waals surface area contributed by atoms with Gasteiger partial charge in [0.2, 0.25) is 0 Å². The zero-order valence-corrected chi connectivity index (χ0v) is 13.6. The molecule has 5 heteroatoms. The number of aliphatic hydroxyl groups excluding tert-OH is 1. The minimum absolute atomic E-state index is 0.230. The quantitative estimate of drug-likeness (QED) is 0.921. The molecule has 1 aliphatic rings. The summed E-state index contributed by atoms with van der Waals surface area (Å²) in [6.07, 6.45) is 0.238. The molecule has 1 fully saturated rings. The zero-order valence-electron chi connectivity index (χ0n) is 12.8. The van der Waals surface area contributed by atoms with E-state index in [-0.39, 0.29) is 6.04 Å². The molecule has 0 spiro atoms. The summed E-state index contributed by atoms with van der Waals surface area (Å²) < 4.78 is 5.62. The SMILES string of the molecule is Cc1csc(CN2CCOCC2CC(O)c2ccccc2)n1. The van der Waals surface area contributed by atoms with E-state index in [2.05, 4.69) is 15.3 Å². The van der Waals surface area contributed by atoms with Gasteiger partial charge < -0.3 is 9.84 Å². The Bertz CT molecular complexity index is 587. The van der Waals surface area contributed by atoms with E-state index in [4.69, 9.17) is 4.74 Å². The van der Waals surface area contributed by atoms with E-state index < -0.39 is 6.10 Å². The largest absolute Gasteiger partial charge is 0.388 e. The number of aromatic nitrogens is 1. The van der Waals surface area contributed by atoms with Crippen molar-refractivity contribution in [1.82, 2.24) is 9.88 Å². The van der Waals surface area contributed by atoms with Crippen molar-refractivity contribution < 1.29 is 9.84 Å². The third-order valence-corrected chi connectivity index (χ3v) is 4.99. The van der Waals surface area contributed by atoms with E-state index in [1.54, 1.807) is 11.3 Å². The van der Waals surface area contributed by atoms with Crippen molar-refractivity contribution in [2.24, 2.45) is 0 Å². The van der Waals surface area contributed by atoms with Gasteiger partial charge in [-0.15, -0.1) is 11.3 Å². The first-order valence-electron chi connectivity index (χ1n) is 7.68. The molecule has 2 aromatic rings. The van der Waals surface area contributed by atoms with Crippen LogP contribution >= 0.6 is 11.3 Å². The molecule has 1 aromatic carbocycles. The van der Waals surface area contributed by atoms with Gasteiger partial charge in [0, 0.05) is 23.7 Å². The second-order valence-electron chi connectivity index (χ2n) is 5.74. The standard InChI is InChI=1S/C17H22N2O2S/c1-13-12-22-17(18-13)10-19-7-8-21-11-15(19)9-16(20)14-5-3-2-4-6-14/h2-6,12,15-16,20H,7-11H2,1H3. The first kappa shape index (κ1) is 15.6. The average Bonchev–Trinajstić information content (AvgIpc) is 2.95. The van der Waals surface area contributed by atoms with Crippen LogP contribution in [-0.4, -0.2) is 40.8 Å². The Morgan fingerprint density at radius 3 is 2.95 bits per heavy atom. The number of aliphatic hydroxyl groups is 1. The highest BCUT2D eigenvalue weighted by Gasteiger charge is 2.26. The summed E-state index contributed by atoms with van der Waals surface area (Å²) in [5.41, 5.74) is 2.05. The fourth-order valence-electron chi connectivity index (χ4n) is 2.83. The first-order valence-corrected chi connectivity index (χ1v) is 8.56. The summed E-state index contributed by atoms with van der Waals surface area (Å²) in [6, 6.07) is 10.1. The number of hydrogen-bond acceptors (Lipinski definition) is 5. The van der Waals surface area contributed by atoms with Gasteiger partial charge in [-0.3, -0.25) is 4.90 Å². The van der Waals surface area contributed by atoms with Gasteiger partial charge in [-0.05, 0) is 18.9 Å². The maximum Gasteiger partial charge on any atom is 0.107 e. The van der Waals surface area contributed by atoms with Crippen molar-refractivity contribution in [3.63, 3.8) is 0 Å². The van der Waals surface area contributed by atoms with Crippen LogP contribution in [0.3, 0.4) is 0 Å². The lowest BCUT2D eigenvalue weighted by Gasteiger charge is -2.36. The molecule has 0 aliphatic carbocycles. The number of thiazole rings is 1. The van der Waals surface area contributed by atoms with E-state index in [1.807, 2.05) is 37.3 Å². The predicted molar refractivity (Wildman–Crippen MR) is 87.9 cm³/mol. The Labute approximate surface area is 135 Å². The Hall–Kier alpha value is -1.27. The summed E-state index contributed by atoms with van der Waals surface area (Å²) >= 11 is 1.70. The second kappa shape index (κ2) is 7.33. The lowest BCUT2D eigenvalue weighted by Crippen LogP contribution is -2.45. The van der Waals surface area contributed by atoms with Crippen LogP contribution in [0.15, 0.2) is 35.7 Å². The number of morpholine rings is 1. The van der Waals surface area contributed by atoms with Crippen LogP contribution in [0.1, 0.15) is 28.8 Å². The fraction of sp³-hybridized carbons (Fsp3) is 0.471. The highest BCUT2D eigenvalue weighted by atomic mass is 32.1. The van der Waals surface area contributed by atoms with Crippen LogP contribution in [0.2, 0.25) is 0 Å². The van der Waals surface area contributed by atoms with Gasteiger partial charge in [0.1, 0.15) is 5.01 Å². The molecule has 2 unspecified atom stereocenters. The summed E-state index contributed by atoms with van der Waals surface area (Å²) in [6.45, 7) is 5.19. The Morgan fingerprint density at radius 2 is 2.23 bits per heavy atom. The van der Waals surface area contributed by atoms with Gasteiger partial charge in [0.25, 0.3) is 0 Å². The minimum atomic E-state index is -0.451. The molecular formula is C17H22N2O2S. The molecule has 1 aliphatic heterocycles. The minimum Gasteiger partial charge on any atom is -0.388 e. The fourth-order valence-corrected chi connectivity index (χ4v) is 3.63. The number of ether oxygens (including phenoxy) is 1. The molecule has 22 heavy (non-hydrogen) atoms. The van der Waals surface area contributed by atoms with E-state index in [1.165, 1.54) is 0 Å². The number of hydrogen-bond donors (Lipinski definition) is 1. The molecular weight excluding hydrogens is 296 g/mol. The number of aryl methyl sites for hydroxylation is 1. The van der Waals surface area contributed by atoms with E-state index >= 15 is 0 Å². The molecule has 0 bridgehead atoms. The molecule has 0 saturated carbocycles. The highest BCUT2D eigenvalue weighted by Crippen LogP contribution is 2.24. The van der Waals surface area contributed by atoms with Gasteiger partial charge in [-0.2, -0.15) is 0 Å². The van der Waals surface area contributed by atoms with Gasteiger partial charge in [-0.25, -0.2) is 4.98 Å². The summed E-state index contributed by atoms with van der Waals surface area (Å²) in [4.78, 5) is 6.93. The van der Waals surface area contributed by atoms with E-state index in [0.29, 0.717) is 13.0 Å². The second-order valence-corrected chi connectivity index (χ2v) is 6.69. The van der Waals surface area contributed by atoms with E-state index in [9.17, 15) is 5.11 Å². The first-order chi connectivity index (χ1) is 10.7. The van der Waals surface area contributed by atoms with Crippen molar-refractivity contribution in [3.8, 4) is 0 Å². The lowest BCUT2D eigenvalue weighted by molar-refractivity contribution is -0.0300. The molecule has 1 aromatic heterocycles. The molecule has 4 nitrogen and oxygen atoms in total. The smallest absolute Gasteiger partial charge is 0.107 e. The Balaban J connectivity index is 1.64. The number of nitrogens with zero attached hydrogens (tertiary/aromatic N) is 2. The molecule has 0 amide bonds. The van der Waals surface area contributed by atoms with Gasteiger partial charge in [0.15, 0.2) is 0 Å². The predicted octanol–water partition coefficient (Wildman–Crippen LogP) is 2.78. The molecule has 118 valence electrons.